The molecule has 0 spiro atoms. The third-order valence-corrected chi connectivity index (χ3v) is 1.84. The summed E-state index contributed by atoms with van der Waals surface area (Å²) < 4.78 is 6.02. The molecule has 0 atom stereocenters. The van der Waals surface area contributed by atoms with Crippen molar-refractivity contribution in [1.29, 1.82) is 0 Å². The Morgan fingerprint density at radius 1 is 1.71 bits per heavy atom. The van der Waals surface area contributed by atoms with Crippen LogP contribution in [0.15, 0.2) is 11.5 Å². The van der Waals surface area contributed by atoms with E-state index >= 15 is 0 Å². The molecule has 1 N–H and O–H groups in total. The second-order valence-corrected chi connectivity index (χ2v) is 2.75. The van der Waals surface area contributed by atoms with Crippen LogP contribution in [0.1, 0.15) is 19.8 Å². The van der Waals surface area contributed by atoms with Gasteiger partial charge >= 0.3 is 11.7 Å². The lowest BCUT2D eigenvalue weighted by Gasteiger charge is -2.08. The lowest BCUT2D eigenvalue weighted by Crippen LogP contribution is -2.25. The van der Waals surface area contributed by atoms with Crippen molar-refractivity contribution in [3.8, 4) is 0 Å². The Labute approximate surface area is 82.2 Å². The number of hydroxylamine groups is 1. The summed E-state index contributed by atoms with van der Waals surface area (Å²) in [5, 5.41) is 9.50. The lowest BCUT2D eigenvalue weighted by atomic mass is 10.2. The van der Waals surface area contributed by atoms with Gasteiger partial charge in [0.05, 0.1) is 6.61 Å². The van der Waals surface area contributed by atoms with E-state index < -0.39 is 5.97 Å². The standard InChI is InChI=1S/C9H13NO4/c1-3-14-9(12)8-7(11)5-4-6-10(8)13-2/h6H,3-5H2,1-2H3/p+1. The zero-order valence-electron chi connectivity index (χ0n) is 8.32. The van der Waals surface area contributed by atoms with Gasteiger partial charge in [0, 0.05) is 17.6 Å². The van der Waals surface area contributed by atoms with Gasteiger partial charge in [-0.3, -0.25) is 4.84 Å². The van der Waals surface area contributed by atoms with E-state index in [0.717, 1.165) is 0 Å². The number of nitrogens with zero attached hydrogens (tertiary/aromatic N) is 1. The van der Waals surface area contributed by atoms with Crippen LogP contribution in [0, 0.1) is 0 Å². The summed E-state index contributed by atoms with van der Waals surface area (Å²) in [5.74, 6) is -0.560. The Balaban J connectivity index is 2.91. The quantitative estimate of drug-likeness (QED) is 0.539. The highest BCUT2D eigenvalue weighted by Gasteiger charge is 2.33. The number of esters is 1. The fraction of sp³-hybridized carbons (Fsp3) is 0.556. The zero-order chi connectivity index (χ0) is 10.6. The summed E-state index contributed by atoms with van der Waals surface area (Å²) in [4.78, 5) is 16.3. The zero-order valence-corrected chi connectivity index (χ0v) is 8.32. The molecule has 0 saturated heterocycles. The molecule has 0 bridgehead atoms. The van der Waals surface area contributed by atoms with E-state index in [1.54, 1.807) is 13.1 Å². The molecular formula is C9H14NO4+. The molecule has 1 rings (SSSR count). The van der Waals surface area contributed by atoms with Crippen molar-refractivity contribution >= 4 is 12.2 Å². The molecule has 1 heterocycles. The predicted octanol–water partition coefficient (Wildman–Crippen LogP) is 0.758. The molecule has 1 aliphatic rings. The van der Waals surface area contributed by atoms with Crippen LogP contribution in [0.25, 0.3) is 0 Å². The Bertz CT molecular complexity index is 293. The average molecular weight is 200 g/mol. The monoisotopic (exact) mass is 200 g/mol. The van der Waals surface area contributed by atoms with Gasteiger partial charge in [0.2, 0.25) is 6.21 Å². The molecule has 0 aromatic carbocycles. The molecule has 0 saturated carbocycles. The van der Waals surface area contributed by atoms with Gasteiger partial charge in [-0.1, -0.05) is 0 Å². The third-order valence-electron chi connectivity index (χ3n) is 1.84. The van der Waals surface area contributed by atoms with E-state index in [9.17, 15) is 9.90 Å². The van der Waals surface area contributed by atoms with Gasteiger partial charge in [-0.05, 0) is 6.92 Å². The van der Waals surface area contributed by atoms with Crippen molar-refractivity contribution < 1.29 is 24.2 Å². The fourth-order valence-electron chi connectivity index (χ4n) is 1.23. The topological polar surface area (TPSA) is 58.8 Å². The highest BCUT2D eigenvalue weighted by atomic mass is 16.7. The van der Waals surface area contributed by atoms with Crippen molar-refractivity contribution in [3.05, 3.63) is 11.5 Å². The van der Waals surface area contributed by atoms with E-state index in [0.29, 0.717) is 12.8 Å². The van der Waals surface area contributed by atoms with Crippen molar-refractivity contribution in [2.24, 2.45) is 0 Å². The molecular weight excluding hydrogens is 186 g/mol. The van der Waals surface area contributed by atoms with E-state index in [1.165, 1.54) is 11.8 Å². The molecule has 0 aromatic heterocycles. The molecule has 14 heavy (non-hydrogen) atoms. The minimum atomic E-state index is -0.567. The number of allylic oxidation sites excluding steroid dienone is 1. The van der Waals surface area contributed by atoms with Crippen molar-refractivity contribution in [2.75, 3.05) is 13.7 Å². The van der Waals surface area contributed by atoms with Crippen LogP contribution >= 0.6 is 0 Å². The summed E-state index contributed by atoms with van der Waals surface area (Å²) in [6, 6.07) is 0. The lowest BCUT2D eigenvalue weighted by molar-refractivity contribution is -0.741. The Morgan fingerprint density at radius 3 is 3.00 bits per heavy atom. The maximum atomic E-state index is 11.4. The molecule has 0 unspecified atom stereocenters. The molecule has 0 radical (unpaired) electrons. The van der Waals surface area contributed by atoms with Gasteiger partial charge in [-0.15, -0.1) is 0 Å². The largest absolute Gasteiger partial charge is 0.506 e. The SMILES string of the molecule is CCOC(=O)C1=C(O)CCC=[N+]1OC. The molecule has 1 aliphatic heterocycles. The molecule has 5 nitrogen and oxygen atoms in total. The second-order valence-electron chi connectivity index (χ2n) is 2.75. The Morgan fingerprint density at radius 2 is 2.43 bits per heavy atom. The predicted molar refractivity (Wildman–Crippen MR) is 48.9 cm³/mol. The van der Waals surface area contributed by atoms with Crippen molar-refractivity contribution in [2.45, 2.75) is 19.8 Å². The summed E-state index contributed by atoms with van der Waals surface area (Å²) >= 11 is 0. The van der Waals surface area contributed by atoms with Crippen LogP contribution in [0.4, 0.5) is 0 Å². The minimum Gasteiger partial charge on any atom is -0.506 e. The third kappa shape index (κ3) is 2.04. The van der Waals surface area contributed by atoms with Crippen LogP contribution in [-0.4, -0.2) is 35.7 Å². The number of aliphatic hydroxyl groups excluding tert-OH is 1. The first-order valence-electron chi connectivity index (χ1n) is 4.46. The van der Waals surface area contributed by atoms with Gasteiger partial charge in [-0.2, -0.15) is 0 Å². The number of aliphatic hydroxyl groups is 1. The number of ether oxygens (including phenoxy) is 1. The number of hydrogen-bond acceptors (Lipinski definition) is 4. The Hall–Kier alpha value is -1.52. The van der Waals surface area contributed by atoms with Gasteiger partial charge < -0.3 is 9.84 Å². The molecule has 0 amide bonds. The van der Waals surface area contributed by atoms with Gasteiger partial charge in [-0.25, -0.2) is 4.79 Å². The smallest absolute Gasteiger partial charge is 0.412 e. The number of rotatable bonds is 3. The molecule has 0 fully saturated rings. The van der Waals surface area contributed by atoms with E-state index in [1.807, 2.05) is 0 Å². The minimum absolute atomic E-state index is 0.00722. The summed E-state index contributed by atoms with van der Waals surface area (Å²) in [6.45, 7) is 1.98. The average Bonchev–Trinajstić information content (AvgIpc) is 2.17. The van der Waals surface area contributed by atoms with Crippen LogP contribution in [0.5, 0.6) is 0 Å². The molecule has 5 heteroatoms. The molecule has 0 aromatic rings. The number of carbonyl (C=O) groups is 1. The summed E-state index contributed by atoms with van der Waals surface area (Å²) in [7, 11) is 1.42. The van der Waals surface area contributed by atoms with Gasteiger partial charge in [0.25, 0.3) is 0 Å². The maximum absolute atomic E-state index is 11.4. The number of carbonyl (C=O) groups excluding carboxylic acids is 1. The maximum Gasteiger partial charge on any atom is 0.412 e. The highest BCUT2D eigenvalue weighted by molar-refractivity contribution is 5.87. The first kappa shape index (κ1) is 10.6. The van der Waals surface area contributed by atoms with Crippen LogP contribution < -0.4 is 0 Å². The Kier molecular flexibility index (Phi) is 3.50. The van der Waals surface area contributed by atoms with Crippen molar-refractivity contribution in [3.63, 3.8) is 0 Å². The summed E-state index contributed by atoms with van der Waals surface area (Å²) in [6.07, 6.45) is 2.77. The van der Waals surface area contributed by atoms with Crippen LogP contribution in [0.3, 0.4) is 0 Å². The van der Waals surface area contributed by atoms with Crippen LogP contribution in [-0.2, 0) is 14.4 Å². The fourth-order valence-corrected chi connectivity index (χ4v) is 1.23. The second kappa shape index (κ2) is 4.64. The molecule has 0 aliphatic carbocycles. The van der Waals surface area contributed by atoms with Crippen LogP contribution in [0.2, 0.25) is 0 Å². The van der Waals surface area contributed by atoms with Gasteiger partial charge in [0.1, 0.15) is 7.11 Å². The van der Waals surface area contributed by atoms with E-state index in [4.69, 9.17) is 9.57 Å². The molecule has 78 valence electrons. The highest BCUT2D eigenvalue weighted by Crippen LogP contribution is 2.15. The van der Waals surface area contributed by atoms with Gasteiger partial charge in [0.15, 0.2) is 5.76 Å². The summed E-state index contributed by atoms with van der Waals surface area (Å²) in [5.41, 5.74) is 0.0700. The normalized spacial score (nSPS) is 16.3. The van der Waals surface area contributed by atoms with Crippen molar-refractivity contribution in [1.82, 2.24) is 0 Å². The first-order valence-corrected chi connectivity index (χ1v) is 4.46. The van der Waals surface area contributed by atoms with E-state index in [2.05, 4.69) is 0 Å². The first-order chi connectivity index (χ1) is 6.70. The number of hydrogen-bond donors (Lipinski definition) is 1. The van der Waals surface area contributed by atoms with E-state index in [-0.39, 0.29) is 18.1 Å².